The second kappa shape index (κ2) is 8.15. The average molecular weight is 427 g/mol. The van der Waals surface area contributed by atoms with Gasteiger partial charge in [-0.25, -0.2) is 8.78 Å². The van der Waals surface area contributed by atoms with E-state index in [0.717, 1.165) is 12.1 Å². The van der Waals surface area contributed by atoms with E-state index in [9.17, 15) is 27.1 Å². The maximum absolute atomic E-state index is 13.5. The SMILES string of the molecule is O[C@@H]1C[C@H]2CN(Cc3ccc(F)c(C(F)(F)F)c3)C[C@H]2C[C@H]1Oc1ccc(F)cc1. The van der Waals surface area contributed by atoms with Crippen LogP contribution >= 0.6 is 0 Å². The van der Waals surface area contributed by atoms with Crippen LogP contribution in [0.3, 0.4) is 0 Å². The summed E-state index contributed by atoms with van der Waals surface area (Å²) in [4.78, 5) is 2.04. The van der Waals surface area contributed by atoms with E-state index in [0.29, 0.717) is 37.2 Å². The van der Waals surface area contributed by atoms with Crippen LogP contribution < -0.4 is 4.74 Å². The molecule has 3 nitrogen and oxygen atoms in total. The third kappa shape index (κ3) is 4.59. The zero-order chi connectivity index (χ0) is 21.5. The Labute approximate surface area is 171 Å². The third-order valence-electron chi connectivity index (χ3n) is 6.00. The van der Waals surface area contributed by atoms with Crippen molar-refractivity contribution in [2.75, 3.05) is 13.1 Å². The van der Waals surface area contributed by atoms with E-state index in [4.69, 9.17) is 4.74 Å². The Morgan fingerprint density at radius 1 is 0.967 bits per heavy atom. The predicted molar refractivity (Wildman–Crippen MR) is 99.7 cm³/mol. The number of halogens is 5. The topological polar surface area (TPSA) is 32.7 Å². The molecule has 2 aromatic rings. The van der Waals surface area contributed by atoms with Crippen molar-refractivity contribution < 1.29 is 31.8 Å². The molecule has 1 saturated heterocycles. The Hall–Kier alpha value is -2.19. The number of aliphatic hydroxyl groups is 1. The smallest absolute Gasteiger partial charge is 0.419 e. The second-order valence-corrected chi connectivity index (χ2v) is 8.18. The molecule has 0 aromatic heterocycles. The minimum Gasteiger partial charge on any atom is -0.488 e. The lowest BCUT2D eigenvalue weighted by atomic mass is 9.78. The van der Waals surface area contributed by atoms with Crippen LogP contribution in [0.25, 0.3) is 0 Å². The maximum Gasteiger partial charge on any atom is 0.419 e. The number of alkyl halides is 3. The quantitative estimate of drug-likeness (QED) is 0.722. The molecule has 1 aliphatic carbocycles. The van der Waals surface area contributed by atoms with Gasteiger partial charge in [0.2, 0.25) is 0 Å². The first-order chi connectivity index (χ1) is 14.2. The van der Waals surface area contributed by atoms with Crippen LogP contribution in [0.15, 0.2) is 42.5 Å². The van der Waals surface area contributed by atoms with E-state index in [2.05, 4.69) is 0 Å². The van der Waals surface area contributed by atoms with Gasteiger partial charge in [0.1, 0.15) is 23.5 Å². The summed E-state index contributed by atoms with van der Waals surface area (Å²) in [5, 5.41) is 10.5. The Kier molecular flexibility index (Phi) is 5.72. The highest BCUT2D eigenvalue weighted by Crippen LogP contribution is 2.39. The molecule has 1 heterocycles. The lowest BCUT2D eigenvalue weighted by molar-refractivity contribution is -0.140. The standard InChI is InChI=1S/C22H22F5NO2/c23-16-2-4-17(5-3-16)30-21-9-15-12-28(11-14(15)8-20(21)29)10-13-1-6-19(24)18(7-13)22(25,26)27/h1-7,14-15,20-21,29H,8-12H2/t14-,15+,20+,21+/m0/s1. The predicted octanol–water partition coefficient (Wildman–Crippen LogP) is 4.63. The number of nitrogens with zero attached hydrogens (tertiary/aromatic N) is 1. The minimum atomic E-state index is -4.73. The van der Waals surface area contributed by atoms with Crippen LogP contribution in [-0.4, -0.2) is 35.3 Å². The number of aliphatic hydroxyl groups excluding tert-OH is 1. The molecule has 30 heavy (non-hydrogen) atoms. The molecule has 0 spiro atoms. The highest BCUT2D eigenvalue weighted by atomic mass is 19.4. The molecule has 1 saturated carbocycles. The van der Waals surface area contributed by atoms with E-state index in [-0.39, 0.29) is 24.2 Å². The molecule has 0 bridgehead atoms. The maximum atomic E-state index is 13.5. The van der Waals surface area contributed by atoms with Gasteiger partial charge in [-0.1, -0.05) is 6.07 Å². The number of hydrogen-bond acceptors (Lipinski definition) is 3. The number of hydrogen-bond donors (Lipinski definition) is 1. The molecule has 2 aromatic carbocycles. The number of ether oxygens (including phenoxy) is 1. The number of fused-ring (bicyclic) bond motifs is 1. The normalized spacial score (nSPS) is 27.1. The molecule has 0 amide bonds. The zero-order valence-corrected chi connectivity index (χ0v) is 16.1. The van der Waals surface area contributed by atoms with Gasteiger partial charge in [0, 0.05) is 19.6 Å². The van der Waals surface area contributed by atoms with E-state index < -0.39 is 29.8 Å². The van der Waals surface area contributed by atoms with Crippen molar-refractivity contribution in [2.24, 2.45) is 11.8 Å². The van der Waals surface area contributed by atoms with Gasteiger partial charge in [0.25, 0.3) is 0 Å². The Bertz CT molecular complexity index is 886. The summed E-state index contributed by atoms with van der Waals surface area (Å²) in [6, 6.07) is 8.72. The number of likely N-dealkylation sites (tertiary alicyclic amines) is 1. The molecule has 8 heteroatoms. The Balaban J connectivity index is 1.40. The number of rotatable bonds is 4. The van der Waals surface area contributed by atoms with Crippen LogP contribution in [0, 0.1) is 23.5 Å². The van der Waals surface area contributed by atoms with Crippen LogP contribution in [0.2, 0.25) is 0 Å². The van der Waals surface area contributed by atoms with E-state index >= 15 is 0 Å². The van der Waals surface area contributed by atoms with Gasteiger partial charge in [-0.05, 0) is 66.6 Å². The van der Waals surface area contributed by atoms with Crippen LogP contribution in [0.1, 0.15) is 24.0 Å². The lowest BCUT2D eigenvalue weighted by Gasteiger charge is -2.35. The lowest BCUT2D eigenvalue weighted by Crippen LogP contribution is -2.42. The van der Waals surface area contributed by atoms with Crippen LogP contribution in [0.5, 0.6) is 5.75 Å². The van der Waals surface area contributed by atoms with Crippen molar-refractivity contribution in [3.63, 3.8) is 0 Å². The summed E-state index contributed by atoms with van der Waals surface area (Å²) in [7, 11) is 0. The fourth-order valence-corrected chi connectivity index (χ4v) is 4.58. The monoisotopic (exact) mass is 427 g/mol. The molecular formula is C22H22F5NO2. The minimum absolute atomic E-state index is 0.218. The average Bonchev–Trinajstić information content (AvgIpc) is 3.05. The van der Waals surface area contributed by atoms with E-state index in [1.807, 2.05) is 4.90 Å². The molecule has 0 unspecified atom stereocenters. The Morgan fingerprint density at radius 2 is 1.63 bits per heavy atom. The summed E-state index contributed by atoms with van der Waals surface area (Å²) in [5.41, 5.74) is -0.846. The summed E-state index contributed by atoms with van der Waals surface area (Å²) in [6.07, 6.45) is -4.67. The summed E-state index contributed by atoms with van der Waals surface area (Å²) >= 11 is 0. The molecule has 1 N–H and O–H groups in total. The van der Waals surface area contributed by atoms with Crippen LogP contribution in [0.4, 0.5) is 22.0 Å². The van der Waals surface area contributed by atoms with Gasteiger partial charge in [0.05, 0.1) is 11.7 Å². The van der Waals surface area contributed by atoms with E-state index in [1.54, 1.807) is 0 Å². The highest BCUT2D eigenvalue weighted by molar-refractivity contribution is 5.27. The summed E-state index contributed by atoms with van der Waals surface area (Å²) < 4.78 is 71.3. The molecular weight excluding hydrogens is 405 g/mol. The zero-order valence-electron chi connectivity index (χ0n) is 16.1. The first-order valence-electron chi connectivity index (χ1n) is 9.87. The highest BCUT2D eigenvalue weighted by Gasteiger charge is 2.43. The molecule has 0 radical (unpaired) electrons. The molecule has 162 valence electrons. The van der Waals surface area contributed by atoms with Gasteiger partial charge in [-0.3, -0.25) is 4.90 Å². The van der Waals surface area contributed by atoms with Gasteiger partial charge in [0.15, 0.2) is 0 Å². The van der Waals surface area contributed by atoms with Gasteiger partial charge < -0.3 is 9.84 Å². The van der Waals surface area contributed by atoms with Gasteiger partial charge >= 0.3 is 6.18 Å². The first kappa shape index (κ1) is 21.1. The summed E-state index contributed by atoms with van der Waals surface area (Å²) in [5.74, 6) is -0.700. The van der Waals surface area contributed by atoms with Crippen molar-refractivity contribution >= 4 is 0 Å². The molecule has 4 atom stereocenters. The van der Waals surface area contributed by atoms with Crippen molar-refractivity contribution in [2.45, 2.75) is 37.8 Å². The van der Waals surface area contributed by atoms with Crippen molar-refractivity contribution in [3.8, 4) is 5.75 Å². The molecule has 2 fully saturated rings. The van der Waals surface area contributed by atoms with Crippen LogP contribution in [-0.2, 0) is 12.7 Å². The fraction of sp³-hybridized carbons (Fsp3) is 0.455. The Morgan fingerprint density at radius 3 is 2.30 bits per heavy atom. The van der Waals surface area contributed by atoms with Gasteiger partial charge in [-0.15, -0.1) is 0 Å². The first-order valence-corrected chi connectivity index (χ1v) is 9.87. The molecule has 2 aliphatic rings. The fourth-order valence-electron chi connectivity index (χ4n) is 4.58. The third-order valence-corrected chi connectivity index (χ3v) is 6.00. The molecule has 4 rings (SSSR count). The van der Waals surface area contributed by atoms with Crippen molar-refractivity contribution in [3.05, 3.63) is 65.2 Å². The van der Waals surface area contributed by atoms with Crippen molar-refractivity contribution in [1.29, 1.82) is 0 Å². The number of benzene rings is 2. The largest absolute Gasteiger partial charge is 0.488 e. The molecule has 1 aliphatic heterocycles. The van der Waals surface area contributed by atoms with Gasteiger partial charge in [-0.2, -0.15) is 13.2 Å². The van der Waals surface area contributed by atoms with Crippen molar-refractivity contribution in [1.82, 2.24) is 4.90 Å². The second-order valence-electron chi connectivity index (χ2n) is 8.18. The summed E-state index contributed by atoms with van der Waals surface area (Å²) in [6.45, 7) is 1.61. The van der Waals surface area contributed by atoms with E-state index in [1.165, 1.54) is 30.3 Å².